The van der Waals surface area contributed by atoms with Crippen molar-refractivity contribution in [1.82, 2.24) is 15.3 Å². The van der Waals surface area contributed by atoms with E-state index in [9.17, 15) is 4.79 Å². The van der Waals surface area contributed by atoms with E-state index in [1.807, 2.05) is 13.0 Å². The van der Waals surface area contributed by atoms with Crippen LogP contribution < -0.4 is 10.2 Å². The van der Waals surface area contributed by atoms with Crippen LogP contribution in [-0.4, -0.2) is 28.5 Å². The van der Waals surface area contributed by atoms with Crippen LogP contribution in [-0.2, 0) is 6.42 Å². The molecular formula is C20H24N4O. The highest BCUT2D eigenvalue weighted by molar-refractivity contribution is 5.93. The zero-order valence-electron chi connectivity index (χ0n) is 14.7. The van der Waals surface area contributed by atoms with E-state index in [0.29, 0.717) is 11.6 Å². The topological polar surface area (TPSA) is 58.1 Å². The first-order valence-electron chi connectivity index (χ1n) is 9.23. The quantitative estimate of drug-likeness (QED) is 0.931. The van der Waals surface area contributed by atoms with Gasteiger partial charge < -0.3 is 10.2 Å². The molecule has 1 aromatic carbocycles. The third-order valence-electron chi connectivity index (χ3n) is 5.14. The SMILES string of the molecule is Cc1cc(C(=O)NC2CCCCC2)nc(N2CCc3ccccc32)n1. The Balaban J connectivity index is 1.58. The van der Waals surface area contributed by atoms with Crippen LogP contribution in [0.3, 0.4) is 0 Å². The van der Waals surface area contributed by atoms with Gasteiger partial charge >= 0.3 is 0 Å². The lowest BCUT2D eigenvalue weighted by Crippen LogP contribution is -2.36. The lowest BCUT2D eigenvalue weighted by molar-refractivity contribution is 0.0922. The van der Waals surface area contributed by atoms with Crippen LogP contribution in [0.15, 0.2) is 30.3 Å². The third kappa shape index (κ3) is 3.36. The Kier molecular flexibility index (Phi) is 4.38. The number of nitrogens with zero attached hydrogens (tertiary/aromatic N) is 3. The monoisotopic (exact) mass is 336 g/mol. The highest BCUT2D eigenvalue weighted by atomic mass is 16.1. The Morgan fingerprint density at radius 2 is 1.96 bits per heavy atom. The molecule has 0 unspecified atom stereocenters. The first-order chi connectivity index (χ1) is 12.2. The van der Waals surface area contributed by atoms with Gasteiger partial charge in [-0.25, -0.2) is 9.97 Å². The van der Waals surface area contributed by atoms with E-state index >= 15 is 0 Å². The maximum Gasteiger partial charge on any atom is 0.270 e. The van der Waals surface area contributed by atoms with Gasteiger partial charge in [-0.1, -0.05) is 37.5 Å². The van der Waals surface area contributed by atoms with E-state index in [-0.39, 0.29) is 11.9 Å². The molecule has 0 radical (unpaired) electrons. The highest BCUT2D eigenvalue weighted by Gasteiger charge is 2.24. The van der Waals surface area contributed by atoms with Gasteiger partial charge in [-0.3, -0.25) is 4.79 Å². The van der Waals surface area contributed by atoms with E-state index in [0.717, 1.165) is 37.2 Å². The molecule has 1 fully saturated rings. The largest absolute Gasteiger partial charge is 0.348 e. The first kappa shape index (κ1) is 16.1. The molecule has 2 heterocycles. The molecule has 1 N–H and O–H groups in total. The average molecular weight is 336 g/mol. The van der Waals surface area contributed by atoms with Gasteiger partial charge in [0.2, 0.25) is 5.95 Å². The molecule has 25 heavy (non-hydrogen) atoms. The first-order valence-corrected chi connectivity index (χ1v) is 9.23. The van der Waals surface area contributed by atoms with Crippen molar-refractivity contribution in [2.24, 2.45) is 0 Å². The van der Waals surface area contributed by atoms with Crippen LogP contribution in [0, 0.1) is 6.92 Å². The molecule has 2 aromatic rings. The van der Waals surface area contributed by atoms with E-state index in [1.54, 1.807) is 6.07 Å². The van der Waals surface area contributed by atoms with Crippen LogP contribution in [0.5, 0.6) is 0 Å². The molecule has 1 amide bonds. The second-order valence-corrected chi connectivity index (χ2v) is 7.03. The summed E-state index contributed by atoms with van der Waals surface area (Å²) in [5, 5.41) is 3.15. The number of para-hydroxylation sites is 1. The van der Waals surface area contributed by atoms with Gasteiger partial charge in [-0.2, -0.15) is 0 Å². The van der Waals surface area contributed by atoms with Crippen LogP contribution in [0.25, 0.3) is 0 Å². The molecule has 0 spiro atoms. The number of benzene rings is 1. The molecule has 1 saturated carbocycles. The van der Waals surface area contributed by atoms with Crippen molar-refractivity contribution in [3.05, 3.63) is 47.3 Å². The molecule has 5 heteroatoms. The summed E-state index contributed by atoms with van der Waals surface area (Å²) in [4.78, 5) is 23.9. The fraction of sp³-hybridized carbons (Fsp3) is 0.450. The van der Waals surface area contributed by atoms with Gasteiger partial charge in [0.1, 0.15) is 5.69 Å². The normalized spacial score (nSPS) is 17.4. The maximum atomic E-state index is 12.7. The maximum absolute atomic E-state index is 12.7. The molecule has 5 nitrogen and oxygen atoms in total. The molecule has 1 aromatic heterocycles. The van der Waals surface area contributed by atoms with Gasteiger partial charge in [-0.15, -0.1) is 0 Å². The number of anilines is 2. The zero-order valence-corrected chi connectivity index (χ0v) is 14.7. The van der Waals surface area contributed by atoms with Crippen molar-refractivity contribution in [2.45, 2.75) is 51.5 Å². The number of carbonyl (C=O) groups is 1. The fourth-order valence-electron chi connectivity index (χ4n) is 3.84. The fourth-order valence-corrected chi connectivity index (χ4v) is 3.84. The average Bonchev–Trinajstić information content (AvgIpc) is 3.06. The standard InChI is InChI=1S/C20H24N4O/c1-14-13-17(19(25)22-16-8-3-2-4-9-16)23-20(21-14)24-12-11-15-7-5-6-10-18(15)24/h5-7,10,13,16H,2-4,8-9,11-12H2,1H3,(H,22,25). The lowest BCUT2D eigenvalue weighted by atomic mass is 9.95. The molecule has 4 rings (SSSR count). The molecule has 0 saturated heterocycles. The summed E-state index contributed by atoms with van der Waals surface area (Å²) in [6, 6.07) is 10.4. The number of rotatable bonds is 3. The predicted octanol–water partition coefficient (Wildman–Crippen LogP) is 3.54. The van der Waals surface area contributed by atoms with E-state index < -0.39 is 0 Å². The minimum Gasteiger partial charge on any atom is -0.348 e. The molecule has 1 aliphatic heterocycles. The van der Waals surface area contributed by atoms with Crippen LogP contribution >= 0.6 is 0 Å². The number of aryl methyl sites for hydroxylation is 1. The minimum absolute atomic E-state index is 0.0777. The number of nitrogens with one attached hydrogen (secondary N) is 1. The van der Waals surface area contributed by atoms with Gasteiger partial charge in [-0.05, 0) is 43.9 Å². The number of hydrogen-bond donors (Lipinski definition) is 1. The van der Waals surface area contributed by atoms with Crippen molar-refractivity contribution >= 4 is 17.5 Å². The molecular weight excluding hydrogens is 312 g/mol. The lowest BCUT2D eigenvalue weighted by Gasteiger charge is -2.23. The third-order valence-corrected chi connectivity index (χ3v) is 5.14. The summed E-state index contributed by atoms with van der Waals surface area (Å²) in [5.74, 6) is 0.546. The summed E-state index contributed by atoms with van der Waals surface area (Å²) in [7, 11) is 0. The van der Waals surface area contributed by atoms with Crippen LogP contribution in [0.4, 0.5) is 11.6 Å². The number of fused-ring (bicyclic) bond motifs is 1. The molecule has 0 bridgehead atoms. The summed E-state index contributed by atoms with van der Waals surface area (Å²) >= 11 is 0. The minimum atomic E-state index is -0.0777. The van der Waals surface area contributed by atoms with Crippen molar-refractivity contribution in [3.8, 4) is 0 Å². The Morgan fingerprint density at radius 3 is 2.80 bits per heavy atom. The summed E-state index contributed by atoms with van der Waals surface area (Å²) in [6.07, 6.45) is 6.80. The number of aromatic nitrogens is 2. The molecule has 1 aliphatic carbocycles. The number of carbonyl (C=O) groups excluding carboxylic acids is 1. The molecule has 2 aliphatic rings. The Labute approximate surface area is 148 Å². The second kappa shape index (κ2) is 6.82. The van der Waals surface area contributed by atoms with Crippen molar-refractivity contribution < 1.29 is 4.79 Å². The van der Waals surface area contributed by atoms with Crippen LogP contribution in [0.2, 0.25) is 0 Å². The van der Waals surface area contributed by atoms with E-state index in [1.165, 1.54) is 24.8 Å². The smallest absolute Gasteiger partial charge is 0.270 e. The van der Waals surface area contributed by atoms with Crippen molar-refractivity contribution in [1.29, 1.82) is 0 Å². The zero-order chi connectivity index (χ0) is 17.2. The highest BCUT2D eigenvalue weighted by Crippen LogP contribution is 2.32. The number of hydrogen-bond acceptors (Lipinski definition) is 4. The number of amides is 1. The van der Waals surface area contributed by atoms with Crippen LogP contribution in [0.1, 0.15) is 53.8 Å². The van der Waals surface area contributed by atoms with Gasteiger partial charge in [0.15, 0.2) is 0 Å². The van der Waals surface area contributed by atoms with Crippen molar-refractivity contribution in [2.75, 3.05) is 11.4 Å². The van der Waals surface area contributed by atoms with Gasteiger partial charge in [0, 0.05) is 24.0 Å². The molecule has 0 atom stereocenters. The Hall–Kier alpha value is -2.43. The molecule has 130 valence electrons. The Morgan fingerprint density at radius 1 is 1.16 bits per heavy atom. The summed E-state index contributed by atoms with van der Waals surface area (Å²) < 4.78 is 0. The predicted molar refractivity (Wildman–Crippen MR) is 98.3 cm³/mol. The summed E-state index contributed by atoms with van der Waals surface area (Å²) in [5.41, 5.74) is 3.74. The summed E-state index contributed by atoms with van der Waals surface area (Å²) in [6.45, 7) is 2.77. The van der Waals surface area contributed by atoms with Gasteiger partial charge in [0.05, 0.1) is 0 Å². The second-order valence-electron chi connectivity index (χ2n) is 7.03. The van der Waals surface area contributed by atoms with E-state index in [2.05, 4.69) is 38.4 Å². The van der Waals surface area contributed by atoms with Gasteiger partial charge in [0.25, 0.3) is 5.91 Å². The van der Waals surface area contributed by atoms with Crippen molar-refractivity contribution in [3.63, 3.8) is 0 Å². The van der Waals surface area contributed by atoms with E-state index in [4.69, 9.17) is 0 Å². The Bertz CT molecular complexity index is 783.